The van der Waals surface area contributed by atoms with Gasteiger partial charge < -0.3 is 4.52 Å². The molecule has 126 valence electrons. The third-order valence-corrected chi connectivity index (χ3v) is 3.83. The van der Waals surface area contributed by atoms with Gasteiger partial charge in [-0.1, -0.05) is 23.8 Å². The minimum atomic E-state index is -1.56. The Morgan fingerprint density at radius 2 is 1.91 bits per heavy atom. The van der Waals surface area contributed by atoms with Crippen molar-refractivity contribution in [3.05, 3.63) is 40.6 Å². The van der Waals surface area contributed by atoms with Crippen LogP contribution in [0.5, 0.6) is 0 Å². The number of carbonyl (C=O) groups excluding carboxylic acids is 1. The molecule has 0 bridgehead atoms. The van der Waals surface area contributed by atoms with E-state index < -0.39 is 17.3 Å². The smallest absolute Gasteiger partial charge is 0.216 e. The fourth-order valence-electron chi connectivity index (χ4n) is 2.25. The number of aryl methyl sites for hydroxylation is 2. The van der Waals surface area contributed by atoms with Gasteiger partial charge in [0.15, 0.2) is 5.94 Å². The molecular weight excluding hydrogens is 349 g/mol. The van der Waals surface area contributed by atoms with Crippen molar-refractivity contribution in [1.29, 1.82) is 0 Å². The maximum Gasteiger partial charge on any atom is 0.216 e. The number of rotatable bonds is 6. The van der Waals surface area contributed by atoms with Crippen LogP contribution in [-0.2, 0) is 37.8 Å². The monoisotopic (exact) mass is 371 g/mol. The molecule has 4 nitrogen and oxygen atoms in total. The lowest BCUT2D eigenvalue weighted by molar-refractivity contribution is -0.233. The molecule has 1 aromatic rings. The highest BCUT2D eigenvalue weighted by molar-refractivity contribution is 8.23. The van der Waals surface area contributed by atoms with Crippen LogP contribution < -0.4 is 0 Å². The summed E-state index contributed by atoms with van der Waals surface area (Å²) in [4.78, 5) is 17.4. The molecule has 0 aliphatic rings. The largest absolute Gasteiger partial charge is 0.417 e. The van der Waals surface area contributed by atoms with Gasteiger partial charge in [-0.3, -0.25) is 4.84 Å². The molecule has 0 heterocycles. The topological polar surface area (TPSA) is 38.8 Å². The molecule has 0 aromatic heterocycles. The van der Waals surface area contributed by atoms with Crippen LogP contribution in [0.4, 0.5) is 0 Å². The van der Waals surface area contributed by atoms with Crippen LogP contribution in [0.1, 0.15) is 43.5 Å². The van der Waals surface area contributed by atoms with Gasteiger partial charge in [-0.15, -0.1) is 0 Å². The van der Waals surface area contributed by atoms with Gasteiger partial charge in [0, 0.05) is 7.05 Å². The Hall–Kier alpha value is -0.870. The van der Waals surface area contributed by atoms with Gasteiger partial charge in [-0.25, -0.2) is 4.79 Å². The molecule has 0 aliphatic carbocycles. The van der Waals surface area contributed by atoms with Crippen LogP contribution in [-0.4, -0.2) is 23.7 Å². The third-order valence-electron chi connectivity index (χ3n) is 3.03. The number of likely N-dealkylation sites (N-methyl/N-ethyl adjacent to an activating group) is 1. The molecular formula is C16H22NO3PS2. The van der Waals surface area contributed by atoms with E-state index in [1.807, 2.05) is 58.8 Å². The van der Waals surface area contributed by atoms with Crippen LogP contribution >= 0.6 is 5.70 Å². The van der Waals surface area contributed by atoms with Crippen LogP contribution in [0.2, 0.25) is 0 Å². The Morgan fingerprint density at radius 3 is 2.39 bits per heavy atom. The van der Waals surface area contributed by atoms with Crippen molar-refractivity contribution in [3.8, 4) is 0 Å². The fraction of sp³-hybridized carbons (Fsp3) is 0.500. The van der Waals surface area contributed by atoms with Crippen LogP contribution in [0.25, 0.3) is 0 Å². The molecule has 23 heavy (non-hydrogen) atoms. The summed E-state index contributed by atoms with van der Waals surface area (Å²) in [6, 6.07) is 5.45. The number of benzene rings is 1. The lowest BCUT2D eigenvalue weighted by Crippen LogP contribution is -2.35. The first-order chi connectivity index (χ1) is 10.5. The first-order valence-electron chi connectivity index (χ1n) is 7.11. The van der Waals surface area contributed by atoms with Gasteiger partial charge >= 0.3 is 0 Å². The second kappa shape index (κ2) is 8.29. The number of hydrogen-bond donors (Lipinski definition) is 0. The highest BCUT2D eigenvalue weighted by atomic mass is 32.7. The number of nitrogens with zero attached hydrogens (tertiary/aromatic N) is 1. The summed E-state index contributed by atoms with van der Waals surface area (Å²) in [5.41, 5.74) is 1.00. The lowest BCUT2D eigenvalue weighted by Gasteiger charge is -2.33. The number of hydroxylamine groups is 2. The minimum Gasteiger partial charge on any atom is -0.417 e. The second-order valence-corrected chi connectivity index (χ2v) is 9.61. The molecule has 0 spiro atoms. The molecule has 0 radical (unpaired) electrons. The molecule has 1 atom stereocenters. The zero-order valence-corrected chi connectivity index (χ0v) is 16.8. The summed E-state index contributed by atoms with van der Waals surface area (Å²) in [7, 11) is 1.76. The molecule has 0 saturated heterocycles. The predicted molar refractivity (Wildman–Crippen MR) is 99.2 cm³/mol. The van der Waals surface area contributed by atoms with Crippen LogP contribution in [0.3, 0.4) is 0 Å². The molecule has 0 N–H and O–H groups in total. The van der Waals surface area contributed by atoms with E-state index in [4.69, 9.17) is 33.0 Å². The third kappa shape index (κ3) is 6.27. The van der Waals surface area contributed by atoms with Gasteiger partial charge in [0.25, 0.3) is 0 Å². The minimum absolute atomic E-state index is 0.0570. The summed E-state index contributed by atoms with van der Waals surface area (Å²) < 4.78 is 5.41. The van der Waals surface area contributed by atoms with Crippen molar-refractivity contribution in [3.63, 3.8) is 0 Å². The van der Waals surface area contributed by atoms with Crippen LogP contribution in [0, 0.1) is 13.8 Å². The molecule has 0 aliphatic heterocycles. The summed E-state index contributed by atoms with van der Waals surface area (Å²) in [6.07, 6.45) is 0. The van der Waals surface area contributed by atoms with Gasteiger partial charge in [-0.05, 0) is 69.4 Å². The van der Waals surface area contributed by atoms with Gasteiger partial charge in [0.2, 0.25) is 11.5 Å². The Kier molecular flexibility index (Phi) is 7.28. The van der Waals surface area contributed by atoms with E-state index in [2.05, 4.69) is 0 Å². The van der Waals surface area contributed by atoms with Crippen LogP contribution in [0.15, 0.2) is 24.0 Å². The van der Waals surface area contributed by atoms with E-state index in [0.29, 0.717) is 0 Å². The summed E-state index contributed by atoms with van der Waals surface area (Å²) in [6.45, 7) is 9.76. The highest BCUT2D eigenvalue weighted by Crippen LogP contribution is 2.34. The molecule has 0 saturated carbocycles. The molecule has 7 heteroatoms. The van der Waals surface area contributed by atoms with Gasteiger partial charge in [-0.2, -0.15) is 5.06 Å². The average Bonchev–Trinajstić information content (AvgIpc) is 2.39. The molecule has 1 rings (SSSR count). The van der Waals surface area contributed by atoms with Crippen molar-refractivity contribution < 1.29 is 14.2 Å². The Balaban J connectivity index is 3.41. The van der Waals surface area contributed by atoms with E-state index >= 15 is 0 Å². The van der Waals surface area contributed by atoms with Gasteiger partial charge in [0.1, 0.15) is 6.04 Å². The Bertz CT molecular complexity index is 681. The molecule has 0 amide bonds. The van der Waals surface area contributed by atoms with Crippen molar-refractivity contribution in [2.45, 2.75) is 46.3 Å². The van der Waals surface area contributed by atoms with Crippen molar-refractivity contribution in [2.24, 2.45) is 0 Å². The second-order valence-electron chi connectivity index (χ2n) is 6.29. The van der Waals surface area contributed by atoms with E-state index in [-0.39, 0.29) is 5.76 Å². The fourth-order valence-corrected chi connectivity index (χ4v) is 3.03. The maximum atomic E-state index is 11.5. The van der Waals surface area contributed by atoms with E-state index in [0.717, 1.165) is 16.7 Å². The lowest BCUT2D eigenvalue weighted by atomic mass is 9.98. The van der Waals surface area contributed by atoms with Gasteiger partial charge in [0.05, 0.1) is 5.60 Å². The first-order valence-corrected chi connectivity index (χ1v) is 10.4. The molecule has 1 unspecified atom stereocenters. The quantitative estimate of drug-likeness (QED) is 0.325. The van der Waals surface area contributed by atoms with Crippen molar-refractivity contribution >= 4 is 35.3 Å². The summed E-state index contributed by atoms with van der Waals surface area (Å²) in [5.74, 6) is 1.91. The Morgan fingerprint density at radius 1 is 1.30 bits per heavy atom. The van der Waals surface area contributed by atoms with E-state index in [9.17, 15) is 4.79 Å². The average molecular weight is 371 g/mol. The first kappa shape index (κ1) is 20.2. The zero-order valence-electron chi connectivity index (χ0n) is 14.2. The molecule has 1 aromatic carbocycles. The van der Waals surface area contributed by atoms with E-state index in [1.54, 1.807) is 12.1 Å². The van der Waals surface area contributed by atoms with E-state index in [1.165, 1.54) is 0 Å². The zero-order chi connectivity index (χ0) is 17.8. The standard InChI is InChI=1S/C16H22NO3PS2/c1-11-7-8-12(2)13(9-11)15(14(10-18)19-21(22)23)17(6)20-16(3,4)5/h7-9,15H,1-6H3. The van der Waals surface area contributed by atoms with Crippen molar-refractivity contribution in [1.82, 2.24) is 5.06 Å². The van der Waals surface area contributed by atoms with Crippen molar-refractivity contribution in [2.75, 3.05) is 7.05 Å². The summed E-state index contributed by atoms with van der Waals surface area (Å²) in [5, 5.41) is 1.60. The summed E-state index contributed by atoms with van der Waals surface area (Å²) >= 11 is 9.89. The number of hydrogen-bond acceptors (Lipinski definition) is 6. The molecule has 0 fully saturated rings. The highest BCUT2D eigenvalue weighted by Gasteiger charge is 2.30. The maximum absolute atomic E-state index is 11.5. The Labute approximate surface area is 148 Å². The normalized spacial score (nSPS) is 12.7. The predicted octanol–water partition coefficient (Wildman–Crippen LogP) is 4.06. The SMILES string of the molecule is Cc1ccc(C)c(C(C(=C=O)OP(=S)=S)N(C)OC(C)(C)C)c1.